The Morgan fingerprint density at radius 2 is 2.24 bits per heavy atom. The highest BCUT2D eigenvalue weighted by atomic mass is 19.1. The molecule has 0 aliphatic rings. The molecule has 1 amide bonds. The third-order valence-corrected chi connectivity index (χ3v) is 2.04. The van der Waals surface area contributed by atoms with Gasteiger partial charge in [0, 0.05) is 6.92 Å². The highest BCUT2D eigenvalue weighted by molar-refractivity contribution is 6.06. The van der Waals surface area contributed by atoms with Gasteiger partial charge in [0.2, 0.25) is 5.89 Å². The van der Waals surface area contributed by atoms with Gasteiger partial charge < -0.3 is 10.2 Å². The summed E-state index contributed by atoms with van der Waals surface area (Å²) in [7, 11) is 0. The molecule has 0 aliphatic heterocycles. The Morgan fingerprint density at radius 1 is 1.47 bits per heavy atom. The van der Waals surface area contributed by atoms with E-state index in [0.717, 1.165) is 0 Å². The normalized spacial score (nSPS) is 10.2. The zero-order valence-electron chi connectivity index (χ0n) is 8.90. The average molecular weight is 236 g/mol. The van der Waals surface area contributed by atoms with Gasteiger partial charge in [-0.1, -0.05) is 11.2 Å². The van der Waals surface area contributed by atoms with Gasteiger partial charge in [-0.25, -0.2) is 4.39 Å². The summed E-state index contributed by atoms with van der Waals surface area (Å²) in [6.07, 6.45) is 0. The highest BCUT2D eigenvalue weighted by Gasteiger charge is 2.14. The quantitative estimate of drug-likeness (QED) is 0.767. The first-order chi connectivity index (χ1) is 8.08. The SMILES string of the molecule is Cc1nnc(NC(=O)c2cccc(F)c2N)o1. The summed E-state index contributed by atoms with van der Waals surface area (Å²) in [5, 5.41) is 9.44. The number of para-hydroxylation sites is 1. The summed E-state index contributed by atoms with van der Waals surface area (Å²) in [6, 6.07) is 3.90. The number of nitrogens with two attached hydrogens (primary N) is 1. The van der Waals surface area contributed by atoms with Crippen LogP contribution in [0.15, 0.2) is 22.6 Å². The van der Waals surface area contributed by atoms with Gasteiger partial charge in [-0.05, 0) is 12.1 Å². The molecule has 0 saturated heterocycles. The molecule has 0 aliphatic carbocycles. The Kier molecular flexibility index (Phi) is 2.73. The van der Waals surface area contributed by atoms with Crippen LogP contribution in [0.3, 0.4) is 0 Å². The van der Waals surface area contributed by atoms with E-state index in [2.05, 4.69) is 15.5 Å². The predicted octanol–water partition coefficient (Wildman–Crippen LogP) is 1.35. The Labute approximate surface area is 95.6 Å². The molecule has 0 fully saturated rings. The van der Waals surface area contributed by atoms with Crippen molar-refractivity contribution in [3.05, 3.63) is 35.5 Å². The smallest absolute Gasteiger partial charge is 0.322 e. The second kappa shape index (κ2) is 4.20. The minimum Gasteiger partial charge on any atom is -0.408 e. The van der Waals surface area contributed by atoms with Crippen molar-refractivity contribution in [2.75, 3.05) is 11.1 Å². The van der Waals surface area contributed by atoms with Crippen molar-refractivity contribution < 1.29 is 13.6 Å². The van der Waals surface area contributed by atoms with Gasteiger partial charge in [0.25, 0.3) is 5.91 Å². The van der Waals surface area contributed by atoms with Crippen molar-refractivity contribution in [3.63, 3.8) is 0 Å². The summed E-state index contributed by atoms with van der Waals surface area (Å²) in [6.45, 7) is 1.58. The Bertz CT molecular complexity index is 567. The van der Waals surface area contributed by atoms with E-state index in [1.165, 1.54) is 18.2 Å². The van der Waals surface area contributed by atoms with E-state index in [9.17, 15) is 9.18 Å². The number of hydrogen-bond acceptors (Lipinski definition) is 5. The van der Waals surface area contributed by atoms with Gasteiger partial charge in [0.1, 0.15) is 5.82 Å². The van der Waals surface area contributed by atoms with Gasteiger partial charge in [0.05, 0.1) is 11.3 Å². The van der Waals surface area contributed by atoms with E-state index in [1.54, 1.807) is 6.92 Å². The van der Waals surface area contributed by atoms with Crippen molar-refractivity contribution in [2.24, 2.45) is 0 Å². The van der Waals surface area contributed by atoms with Crippen LogP contribution in [0.2, 0.25) is 0 Å². The Morgan fingerprint density at radius 3 is 2.88 bits per heavy atom. The molecule has 0 saturated carbocycles. The van der Waals surface area contributed by atoms with E-state index in [4.69, 9.17) is 10.2 Å². The summed E-state index contributed by atoms with van der Waals surface area (Å²) < 4.78 is 18.1. The number of nitrogen functional groups attached to an aromatic ring is 1. The fraction of sp³-hybridized carbons (Fsp3) is 0.100. The molecule has 88 valence electrons. The molecule has 1 aromatic heterocycles. The summed E-state index contributed by atoms with van der Waals surface area (Å²) >= 11 is 0. The molecule has 2 aromatic rings. The number of aryl methyl sites for hydroxylation is 1. The number of hydrogen-bond donors (Lipinski definition) is 2. The van der Waals surface area contributed by atoms with Crippen LogP contribution in [0.5, 0.6) is 0 Å². The van der Waals surface area contributed by atoms with E-state index >= 15 is 0 Å². The predicted molar refractivity (Wildman–Crippen MR) is 57.8 cm³/mol. The van der Waals surface area contributed by atoms with Crippen molar-refractivity contribution in [2.45, 2.75) is 6.92 Å². The zero-order chi connectivity index (χ0) is 12.4. The molecule has 3 N–H and O–H groups in total. The lowest BCUT2D eigenvalue weighted by molar-refractivity contribution is 0.102. The van der Waals surface area contributed by atoms with Crippen molar-refractivity contribution in [3.8, 4) is 0 Å². The third kappa shape index (κ3) is 2.22. The molecular formula is C10H9FN4O2. The molecule has 0 radical (unpaired) electrons. The Balaban J connectivity index is 2.23. The monoisotopic (exact) mass is 236 g/mol. The van der Waals surface area contributed by atoms with Gasteiger partial charge in [-0.2, -0.15) is 0 Å². The van der Waals surface area contributed by atoms with Crippen LogP contribution in [-0.2, 0) is 0 Å². The molecule has 1 aromatic carbocycles. The lowest BCUT2D eigenvalue weighted by atomic mass is 10.1. The number of anilines is 2. The lowest BCUT2D eigenvalue weighted by Crippen LogP contribution is -2.15. The molecule has 1 heterocycles. The van der Waals surface area contributed by atoms with Crippen LogP contribution in [0, 0.1) is 12.7 Å². The number of nitrogens with one attached hydrogen (secondary N) is 1. The minimum absolute atomic E-state index is 0.0147. The fourth-order valence-electron chi connectivity index (χ4n) is 1.25. The first-order valence-corrected chi connectivity index (χ1v) is 4.73. The maximum Gasteiger partial charge on any atom is 0.322 e. The number of carbonyl (C=O) groups excluding carboxylic acids is 1. The van der Waals surface area contributed by atoms with Crippen molar-refractivity contribution in [1.82, 2.24) is 10.2 Å². The molecule has 0 bridgehead atoms. The Hall–Kier alpha value is -2.44. The first-order valence-electron chi connectivity index (χ1n) is 4.73. The zero-order valence-corrected chi connectivity index (χ0v) is 8.90. The number of carbonyl (C=O) groups is 1. The second-order valence-electron chi connectivity index (χ2n) is 3.28. The number of aromatic nitrogens is 2. The van der Waals surface area contributed by atoms with Gasteiger partial charge in [-0.15, -0.1) is 5.10 Å². The number of benzene rings is 1. The van der Waals surface area contributed by atoms with Crippen LogP contribution >= 0.6 is 0 Å². The molecule has 0 unspecified atom stereocenters. The highest BCUT2D eigenvalue weighted by Crippen LogP contribution is 2.17. The third-order valence-electron chi connectivity index (χ3n) is 2.04. The number of rotatable bonds is 2. The van der Waals surface area contributed by atoms with Crippen LogP contribution in [0.4, 0.5) is 16.1 Å². The van der Waals surface area contributed by atoms with Crippen LogP contribution in [-0.4, -0.2) is 16.1 Å². The van der Waals surface area contributed by atoms with E-state index in [1.807, 2.05) is 0 Å². The van der Waals surface area contributed by atoms with E-state index in [-0.39, 0.29) is 17.3 Å². The number of halogens is 1. The fourth-order valence-corrected chi connectivity index (χ4v) is 1.25. The molecule has 17 heavy (non-hydrogen) atoms. The lowest BCUT2D eigenvalue weighted by Gasteiger charge is -2.04. The van der Waals surface area contributed by atoms with E-state index in [0.29, 0.717) is 5.89 Å². The van der Waals surface area contributed by atoms with Gasteiger partial charge in [-0.3, -0.25) is 10.1 Å². The molecule has 0 atom stereocenters. The van der Waals surface area contributed by atoms with Gasteiger partial charge >= 0.3 is 6.01 Å². The maximum atomic E-state index is 13.1. The molecule has 7 heteroatoms. The molecule has 2 rings (SSSR count). The van der Waals surface area contributed by atoms with Crippen molar-refractivity contribution in [1.29, 1.82) is 0 Å². The molecular weight excluding hydrogens is 227 g/mol. The summed E-state index contributed by atoms with van der Waals surface area (Å²) in [5.41, 5.74) is 5.23. The van der Waals surface area contributed by atoms with Crippen LogP contribution in [0.25, 0.3) is 0 Å². The average Bonchev–Trinajstić information content (AvgIpc) is 2.68. The first kappa shape index (κ1) is 11.1. The minimum atomic E-state index is -0.653. The van der Waals surface area contributed by atoms with Crippen LogP contribution in [0.1, 0.15) is 16.2 Å². The summed E-state index contributed by atoms with van der Waals surface area (Å²) in [4.78, 5) is 11.7. The summed E-state index contributed by atoms with van der Waals surface area (Å²) in [5.74, 6) is -0.947. The molecule has 0 spiro atoms. The van der Waals surface area contributed by atoms with E-state index < -0.39 is 11.7 Å². The van der Waals surface area contributed by atoms with Crippen molar-refractivity contribution >= 4 is 17.6 Å². The standard InChI is InChI=1S/C10H9FN4O2/c1-5-14-15-10(17-5)13-9(16)6-3-2-4-7(11)8(6)12/h2-4H,12H2,1H3,(H,13,15,16). The van der Waals surface area contributed by atoms with Crippen LogP contribution < -0.4 is 11.1 Å². The number of amides is 1. The largest absolute Gasteiger partial charge is 0.408 e. The maximum absolute atomic E-state index is 13.1. The second-order valence-corrected chi connectivity index (χ2v) is 3.28. The van der Waals surface area contributed by atoms with Gasteiger partial charge in [0.15, 0.2) is 0 Å². The topological polar surface area (TPSA) is 94.0 Å². The molecule has 6 nitrogen and oxygen atoms in total. The number of nitrogens with zero attached hydrogens (tertiary/aromatic N) is 2.